The van der Waals surface area contributed by atoms with Crippen molar-refractivity contribution in [3.8, 4) is 17.1 Å². The highest BCUT2D eigenvalue weighted by Crippen LogP contribution is 2.33. The third kappa shape index (κ3) is 4.09. The molecule has 0 amide bonds. The summed E-state index contributed by atoms with van der Waals surface area (Å²) in [6, 6.07) is 5.37. The van der Waals surface area contributed by atoms with Gasteiger partial charge in [-0.25, -0.2) is 9.97 Å². The number of aromatic nitrogens is 5. The van der Waals surface area contributed by atoms with Crippen LogP contribution in [0.25, 0.3) is 22.4 Å². The Bertz CT molecular complexity index is 1370. The van der Waals surface area contributed by atoms with Gasteiger partial charge in [-0.1, -0.05) is 11.6 Å². The largest absolute Gasteiger partial charge is 0.493 e. The molecule has 4 heterocycles. The van der Waals surface area contributed by atoms with Gasteiger partial charge in [0, 0.05) is 28.4 Å². The first-order valence-electron chi connectivity index (χ1n) is 10.4. The molecule has 0 saturated heterocycles. The Hall–Kier alpha value is -3.30. The fraction of sp³-hybridized carbons (Fsp3) is 0.304. The van der Waals surface area contributed by atoms with Gasteiger partial charge in [-0.15, -0.1) is 0 Å². The molecule has 1 atom stereocenters. The van der Waals surface area contributed by atoms with Crippen LogP contribution in [0.1, 0.15) is 29.8 Å². The summed E-state index contributed by atoms with van der Waals surface area (Å²) in [7, 11) is 0. The number of ether oxygens (including phenoxy) is 1. The van der Waals surface area contributed by atoms with E-state index in [1.807, 2.05) is 6.07 Å². The average Bonchev–Trinajstić information content (AvgIpc) is 3.34. The molecule has 1 unspecified atom stereocenters. The standard InChI is InChI=1S/C23H21ClFN5O3/c1-23(2,32)11-30-9-17(15-7-26-21(28-22(15)30)16-8-27-29-20(16)25)19(31)13-5-12-6-14(24)3-4-18(12)33-10-13/h3-4,6-9,13,32H,5,10-11H2,1-2H3,(H,27,29). The van der Waals surface area contributed by atoms with E-state index in [0.29, 0.717) is 28.0 Å². The average molecular weight is 470 g/mol. The molecule has 3 aromatic heterocycles. The Balaban J connectivity index is 1.56. The lowest BCUT2D eigenvalue weighted by molar-refractivity contribution is 0.0624. The van der Waals surface area contributed by atoms with Crippen LogP contribution in [0.15, 0.2) is 36.8 Å². The van der Waals surface area contributed by atoms with Crippen LogP contribution in [0.5, 0.6) is 5.75 Å². The van der Waals surface area contributed by atoms with Crippen LogP contribution in [0.2, 0.25) is 5.02 Å². The number of hydrogen-bond acceptors (Lipinski definition) is 6. The Morgan fingerprint density at radius 1 is 1.39 bits per heavy atom. The van der Waals surface area contributed by atoms with Crippen molar-refractivity contribution in [1.82, 2.24) is 24.7 Å². The molecular formula is C23H21ClFN5O3. The highest BCUT2D eigenvalue weighted by Gasteiger charge is 2.30. The van der Waals surface area contributed by atoms with E-state index >= 15 is 0 Å². The van der Waals surface area contributed by atoms with Gasteiger partial charge in [0.1, 0.15) is 11.4 Å². The Morgan fingerprint density at radius 2 is 2.21 bits per heavy atom. The normalized spacial score (nSPS) is 16.0. The van der Waals surface area contributed by atoms with Crippen molar-refractivity contribution < 1.29 is 19.0 Å². The second kappa shape index (κ2) is 7.93. The van der Waals surface area contributed by atoms with E-state index in [1.165, 1.54) is 12.4 Å². The van der Waals surface area contributed by atoms with Crippen LogP contribution in [-0.2, 0) is 13.0 Å². The Labute approximate surface area is 193 Å². The number of aliphatic hydroxyl groups is 1. The molecule has 33 heavy (non-hydrogen) atoms. The Morgan fingerprint density at radius 3 is 2.94 bits per heavy atom. The molecule has 0 radical (unpaired) electrons. The predicted octanol–water partition coefficient (Wildman–Crippen LogP) is 3.82. The first kappa shape index (κ1) is 21.5. The molecule has 170 valence electrons. The van der Waals surface area contributed by atoms with Gasteiger partial charge in [-0.05, 0) is 44.0 Å². The number of nitrogens with one attached hydrogen (secondary N) is 1. The third-order valence-electron chi connectivity index (χ3n) is 5.57. The number of benzene rings is 1. The number of carbonyl (C=O) groups excluding carboxylic acids is 1. The van der Waals surface area contributed by atoms with Crippen LogP contribution in [0, 0.1) is 11.9 Å². The molecule has 0 bridgehead atoms. The molecular weight excluding hydrogens is 449 g/mol. The lowest BCUT2D eigenvalue weighted by Crippen LogP contribution is -2.28. The number of aromatic amines is 1. The number of carbonyl (C=O) groups is 1. The van der Waals surface area contributed by atoms with Crippen molar-refractivity contribution in [1.29, 1.82) is 0 Å². The monoisotopic (exact) mass is 469 g/mol. The minimum absolute atomic E-state index is 0.119. The number of rotatable bonds is 5. The van der Waals surface area contributed by atoms with Crippen molar-refractivity contribution in [3.05, 3.63) is 58.9 Å². The lowest BCUT2D eigenvalue weighted by Gasteiger charge is -2.24. The molecule has 1 aliphatic heterocycles. The topological polar surface area (TPSA) is 106 Å². The van der Waals surface area contributed by atoms with Gasteiger partial charge in [-0.2, -0.15) is 9.49 Å². The number of Topliss-reactive ketones (excluding diaryl/α,β-unsaturated/α-hetero) is 1. The molecule has 8 nitrogen and oxygen atoms in total. The number of fused-ring (bicyclic) bond motifs is 2. The van der Waals surface area contributed by atoms with Crippen molar-refractivity contribution in [2.45, 2.75) is 32.4 Å². The minimum Gasteiger partial charge on any atom is -0.493 e. The van der Waals surface area contributed by atoms with E-state index in [9.17, 15) is 14.3 Å². The molecule has 0 saturated carbocycles. The summed E-state index contributed by atoms with van der Waals surface area (Å²) in [5, 5.41) is 17.4. The number of ketones is 1. The first-order valence-corrected chi connectivity index (χ1v) is 10.8. The van der Waals surface area contributed by atoms with Crippen LogP contribution >= 0.6 is 11.6 Å². The summed E-state index contributed by atoms with van der Waals surface area (Å²) in [4.78, 5) is 22.3. The van der Waals surface area contributed by atoms with Gasteiger partial charge in [0.2, 0.25) is 5.95 Å². The molecule has 0 aliphatic carbocycles. The Kier molecular flexibility index (Phi) is 5.18. The molecule has 10 heteroatoms. The zero-order chi connectivity index (χ0) is 23.3. The van der Waals surface area contributed by atoms with Crippen molar-refractivity contribution >= 4 is 28.4 Å². The molecule has 4 aromatic rings. The fourth-order valence-corrected chi connectivity index (χ4v) is 4.30. The lowest BCUT2D eigenvalue weighted by atomic mass is 9.90. The smallest absolute Gasteiger partial charge is 0.219 e. The summed E-state index contributed by atoms with van der Waals surface area (Å²) >= 11 is 6.11. The van der Waals surface area contributed by atoms with Crippen molar-refractivity contribution in [3.63, 3.8) is 0 Å². The van der Waals surface area contributed by atoms with Crippen LogP contribution in [-0.4, -0.2) is 47.8 Å². The molecule has 1 aliphatic rings. The van der Waals surface area contributed by atoms with Gasteiger partial charge < -0.3 is 14.4 Å². The summed E-state index contributed by atoms with van der Waals surface area (Å²) in [5.74, 6) is -0.326. The SMILES string of the molecule is CC(C)(O)Cn1cc(C(=O)C2COc3ccc(Cl)cc3C2)c2cnc(-c3cn[nH]c3F)nc21. The molecule has 2 N–H and O–H groups in total. The van der Waals surface area contributed by atoms with Gasteiger partial charge in [0.25, 0.3) is 0 Å². The zero-order valence-corrected chi connectivity index (χ0v) is 18.7. The quantitative estimate of drug-likeness (QED) is 0.430. The van der Waals surface area contributed by atoms with Crippen LogP contribution < -0.4 is 4.74 Å². The molecule has 0 fully saturated rings. The highest BCUT2D eigenvalue weighted by molar-refractivity contribution is 6.30. The van der Waals surface area contributed by atoms with Crippen LogP contribution in [0.3, 0.4) is 0 Å². The second-order valence-electron chi connectivity index (χ2n) is 8.84. The van der Waals surface area contributed by atoms with Crippen LogP contribution in [0.4, 0.5) is 4.39 Å². The fourth-order valence-electron chi connectivity index (χ4n) is 4.11. The highest BCUT2D eigenvalue weighted by atomic mass is 35.5. The first-order chi connectivity index (χ1) is 15.7. The predicted molar refractivity (Wildman–Crippen MR) is 120 cm³/mol. The summed E-state index contributed by atoms with van der Waals surface area (Å²) in [6.45, 7) is 3.74. The molecule has 0 spiro atoms. The van der Waals surface area contributed by atoms with E-state index in [1.54, 1.807) is 36.7 Å². The van der Waals surface area contributed by atoms with Gasteiger partial charge >= 0.3 is 0 Å². The maximum absolute atomic E-state index is 14.0. The summed E-state index contributed by atoms with van der Waals surface area (Å²) in [6.07, 6.45) is 4.97. The molecule has 1 aromatic carbocycles. The number of hydrogen-bond donors (Lipinski definition) is 2. The van der Waals surface area contributed by atoms with Gasteiger partial charge in [0.15, 0.2) is 11.6 Å². The molecule has 5 rings (SSSR count). The van der Waals surface area contributed by atoms with E-state index in [0.717, 1.165) is 11.3 Å². The van der Waals surface area contributed by atoms with Crippen molar-refractivity contribution in [2.75, 3.05) is 6.61 Å². The third-order valence-corrected chi connectivity index (χ3v) is 5.81. The number of halogens is 2. The van der Waals surface area contributed by atoms with Gasteiger partial charge in [0.05, 0.1) is 36.4 Å². The van der Waals surface area contributed by atoms with E-state index < -0.39 is 17.5 Å². The second-order valence-corrected chi connectivity index (χ2v) is 9.28. The zero-order valence-electron chi connectivity index (χ0n) is 18.0. The summed E-state index contributed by atoms with van der Waals surface area (Å²) < 4.78 is 21.5. The number of nitrogens with zero attached hydrogens (tertiary/aromatic N) is 4. The number of H-pyrrole nitrogens is 1. The maximum Gasteiger partial charge on any atom is 0.219 e. The van der Waals surface area contributed by atoms with E-state index in [-0.39, 0.29) is 30.3 Å². The van der Waals surface area contributed by atoms with Crippen molar-refractivity contribution in [2.24, 2.45) is 5.92 Å². The maximum atomic E-state index is 14.0. The van der Waals surface area contributed by atoms with Gasteiger partial charge in [-0.3, -0.25) is 9.89 Å². The minimum atomic E-state index is -1.07. The van der Waals surface area contributed by atoms with E-state index in [2.05, 4.69) is 20.2 Å². The van der Waals surface area contributed by atoms with E-state index in [4.69, 9.17) is 16.3 Å². The summed E-state index contributed by atoms with van der Waals surface area (Å²) in [5.41, 5.74) is 0.775.